The lowest BCUT2D eigenvalue weighted by atomic mass is 10.0. The molecule has 1 aliphatic carbocycles. The number of rotatable bonds is 2. The van der Waals surface area contributed by atoms with Gasteiger partial charge in [0.2, 0.25) is 12.7 Å². The lowest BCUT2D eigenvalue weighted by Gasteiger charge is -2.21. The largest absolute Gasteiger partial charge is 0.454 e. The lowest BCUT2D eigenvalue weighted by molar-refractivity contribution is -0.118. The predicted molar refractivity (Wildman–Crippen MR) is 87.0 cm³/mol. The maximum atomic E-state index is 12.5. The van der Waals surface area contributed by atoms with Crippen LogP contribution in [0.5, 0.6) is 11.5 Å². The molecule has 128 valence electrons. The number of carbonyl (C=O) groups is 2. The van der Waals surface area contributed by atoms with Gasteiger partial charge in [-0.05, 0) is 25.0 Å². The first kappa shape index (κ1) is 15.1. The predicted octanol–water partition coefficient (Wildman–Crippen LogP) is 1.75. The highest BCUT2D eigenvalue weighted by Crippen LogP contribution is 2.58. The summed E-state index contributed by atoms with van der Waals surface area (Å²) in [6, 6.07) is 5.42. The quantitative estimate of drug-likeness (QED) is 0.896. The number of likely N-dealkylation sites (tertiary alicyclic amines) is 1. The Morgan fingerprint density at radius 3 is 2.88 bits per heavy atom. The molecular formula is C17H21N3O4. The van der Waals surface area contributed by atoms with Gasteiger partial charge in [0, 0.05) is 50.3 Å². The van der Waals surface area contributed by atoms with Gasteiger partial charge in [0.1, 0.15) is 0 Å². The van der Waals surface area contributed by atoms with Crippen LogP contribution in [-0.2, 0) is 4.79 Å². The highest BCUT2D eigenvalue weighted by atomic mass is 16.7. The molecule has 3 aliphatic rings. The molecule has 7 heteroatoms. The van der Waals surface area contributed by atoms with E-state index in [-0.39, 0.29) is 30.1 Å². The smallest absolute Gasteiger partial charge is 0.319 e. The third-order valence-corrected chi connectivity index (χ3v) is 5.18. The number of urea groups is 1. The highest BCUT2D eigenvalue weighted by Gasteiger charge is 2.61. The highest BCUT2D eigenvalue weighted by molar-refractivity contribution is 5.95. The van der Waals surface area contributed by atoms with E-state index in [1.807, 2.05) is 11.0 Å². The molecule has 1 saturated heterocycles. The SMILES string of the molecule is CN(C)C(=O)N1CCC2(CC2C(=O)Nc2ccc3c(c2)OCO3)C1. The standard InChI is InChI=1S/C17H21N3O4/c1-19(2)16(22)20-6-5-17(9-20)8-12(17)15(21)18-11-3-4-13-14(7-11)24-10-23-13/h3-4,7,12H,5-6,8-10H2,1-2H3,(H,18,21). The molecule has 1 aromatic carbocycles. The summed E-state index contributed by atoms with van der Waals surface area (Å²) < 4.78 is 10.6. The average molecular weight is 331 g/mol. The van der Waals surface area contributed by atoms with Crippen LogP contribution in [0.25, 0.3) is 0 Å². The molecule has 1 N–H and O–H groups in total. The van der Waals surface area contributed by atoms with E-state index in [0.29, 0.717) is 23.7 Å². The number of carbonyl (C=O) groups excluding carboxylic acids is 2. The lowest BCUT2D eigenvalue weighted by Crippen LogP contribution is -2.38. The number of ether oxygens (including phenoxy) is 2. The number of amides is 3. The van der Waals surface area contributed by atoms with Crippen molar-refractivity contribution in [1.29, 1.82) is 0 Å². The maximum absolute atomic E-state index is 12.5. The van der Waals surface area contributed by atoms with Crippen molar-refractivity contribution in [2.24, 2.45) is 11.3 Å². The Bertz CT molecular complexity index is 705. The minimum atomic E-state index is -0.0356. The number of nitrogens with zero attached hydrogens (tertiary/aromatic N) is 2. The van der Waals surface area contributed by atoms with Gasteiger partial charge in [-0.3, -0.25) is 4.79 Å². The van der Waals surface area contributed by atoms with E-state index in [0.717, 1.165) is 19.4 Å². The average Bonchev–Trinajstić information content (AvgIpc) is 2.89. The topological polar surface area (TPSA) is 71.1 Å². The van der Waals surface area contributed by atoms with Crippen molar-refractivity contribution in [2.75, 3.05) is 39.3 Å². The van der Waals surface area contributed by atoms with Crippen molar-refractivity contribution in [3.8, 4) is 11.5 Å². The van der Waals surface area contributed by atoms with Crippen molar-refractivity contribution in [3.63, 3.8) is 0 Å². The second-order valence-electron chi connectivity index (χ2n) is 7.02. The van der Waals surface area contributed by atoms with E-state index >= 15 is 0 Å². The molecule has 0 aromatic heterocycles. The Labute approximate surface area is 140 Å². The van der Waals surface area contributed by atoms with E-state index in [4.69, 9.17) is 9.47 Å². The van der Waals surface area contributed by atoms with Crippen molar-refractivity contribution < 1.29 is 19.1 Å². The van der Waals surface area contributed by atoms with Gasteiger partial charge in [-0.25, -0.2) is 4.79 Å². The first-order valence-corrected chi connectivity index (χ1v) is 8.15. The molecule has 1 spiro atoms. The van der Waals surface area contributed by atoms with Crippen LogP contribution in [0.15, 0.2) is 18.2 Å². The molecule has 24 heavy (non-hydrogen) atoms. The van der Waals surface area contributed by atoms with Crippen LogP contribution in [0.1, 0.15) is 12.8 Å². The molecule has 7 nitrogen and oxygen atoms in total. The molecule has 2 fully saturated rings. The van der Waals surface area contributed by atoms with Crippen LogP contribution in [0, 0.1) is 11.3 Å². The van der Waals surface area contributed by atoms with Gasteiger partial charge in [0.25, 0.3) is 0 Å². The maximum Gasteiger partial charge on any atom is 0.319 e. The third kappa shape index (κ3) is 2.44. The van der Waals surface area contributed by atoms with E-state index in [2.05, 4.69) is 5.32 Å². The monoisotopic (exact) mass is 331 g/mol. The van der Waals surface area contributed by atoms with Crippen molar-refractivity contribution in [2.45, 2.75) is 12.8 Å². The summed E-state index contributed by atoms with van der Waals surface area (Å²) in [5, 5.41) is 2.96. The molecule has 4 rings (SSSR count). The van der Waals surface area contributed by atoms with Gasteiger partial charge in [0.05, 0.1) is 0 Å². The number of anilines is 1. The van der Waals surface area contributed by atoms with Crippen LogP contribution in [0.4, 0.5) is 10.5 Å². The van der Waals surface area contributed by atoms with E-state index < -0.39 is 0 Å². The van der Waals surface area contributed by atoms with Gasteiger partial charge in [-0.15, -0.1) is 0 Å². The number of nitrogens with one attached hydrogen (secondary N) is 1. The summed E-state index contributed by atoms with van der Waals surface area (Å²) >= 11 is 0. The Morgan fingerprint density at radius 2 is 2.08 bits per heavy atom. The zero-order chi connectivity index (χ0) is 16.9. The number of fused-ring (bicyclic) bond motifs is 1. The van der Waals surface area contributed by atoms with Gasteiger partial charge in [0.15, 0.2) is 11.5 Å². The number of benzene rings is 1. The van der Waals surface area contributed by atoms with Gasteiger partial charge < -0.3 is 24.6 Å². The fourth-order valence-electron chi connectivity index (χ4n) is 3.72. The van der Waals surface area contributed by atoms with Crippen LogP contribution < -0.4 is 14.8 Å². The molecule has 1 aromatic rings. The molecule has 2 aliphatic heterocycles. The minimum absolute atomic E-state index is 0.0213. The molecule has 3 amide bonds. The first-order chi connectivity index (χ1) is 11.5. The summed E-state index contributed by atoms with van der Waals surface area (Å²) in [6.45, 7) is 1.61. The molecular weight excluding hydrogens is 310 g/mol. The summed E-state index contributed by atoms with van der Waals surface area (Å²) in [6.07, 6.45) is 1.74. The second-order valence-corrected chi connectivity index (χ2v) is 7.02. The summed E-state index contributed by atoms with van der Waals surface area (Å²) in [4.78, 5) is 28.0. The Morgan fingerprint density at radius 1 is 1.29 bits per heavy atom. The van der Waals surface area contributed by atoms with Crippen LogP contribution in [0.2, 0.25) is 0 Å². The van der Waals surface area contributed by atoms with Crippen LogP contribution in [-0.4, -0.2) is 55.7 Å². The van der Waals surface area contributed by atoms with Gasteiger partial charge in [-0.2, -0.15) is 0 Å². The van der Waals surface area contributed by atoms with Gasteiger partial charge in [-0.1, -0.05) is 0 Å². The van der Waals surface area contributed by atoms with Crippen molar-refractivity contribution in [1.82, 2.24) is 9.80 Å². The fraction of sp³-hybridized carbons (Fsp3) is 0.529. The number of hydrogen-bond donors (Lipinski definition) is 1. The van der Waals surface area contributed by atoms with Crippen molar-refractivity contribution in [3.05, 3.63) is 18.2 Å². The molecule has 0 bridgehead atoms. The summed E-state index contributed by atoms with van der Waals surface area (Å²) in [5.41, 5.74) is 0.678. The second kappa shape index (κ2) is 5.29. The van der Waals surface area contributed by atoms with E-state index in [1.54, 1.807) is 31.1 Å². The number of hydrogen-bond acceptors (Lipinski definition) is 4. The van der Waals surface area contributed by atoms with Crippen molar-refractivity contribution >= 4 is 17.6 Å². The van der Waals surface area contributed by atoms with Crippen LogP contribution in [0.3, 0.4) is 0 Å². The summed E-state index contributed by atoms with van der Waals surface area (Å²) in [7, 11) is 3.51. The normalized spacial score (nSPS) is 26.6. The minimum Gasteiger partial charge on any atom is -0.454 e. The van der Waals surface area contributed by atoms with Crippen LogP contribution >= 0.6 is 0 Å². The molecule has 2 unspecified atom stereocenters. The molecule has 0 radical (unpaired) electrons. The zero-order valence-corrected chi connectivity index (χ0v) is 13.9. The molecule has 2 heterocycles. The Hall–Kier alpha value is -2.44. The van der Waals surface area contributed by atoms with Gasteiger partial charge >= 0.3 is 6.03 Å². The van der Waals surface area contributed by atoms with E-state index in [1.165, 1.54) is 0 Å². The fourth-order valence-corrected chi connectivity index (χ4v) is 3.72. The molecule has 2 atom stereocenters. The summed E-state index contributed by atoms with van der Waals surface area (Å²) in [5.74, 6) is 1.35. The molecule has 1 saturated carbocycles. The third-order valence-electron chi connectivity index (χ3n) is 5.18. The Balaban J connectivity index is 1.38. The first-order valence-electron chi connectivity index (χ1n) is 8.15. The van der Waals surface area contributed by atoms with E-state index in [9.17, 15) is 9.59 Å². The Kier molecular flexibility index (Phi) is 3.33. The zero-order valence-electron chi connectivity index (χ0n) is 13.9.